The van der Waals surface area contributed by atoms with Crippen LogP contribution in [-0.4, -0.2) is 104 Å². The predicted octanol–water partition coefficient (Wildman–Crippen LogP) is 1.26. The molecular formula is C21H37NO8S2. The second-order valence-electron chi connectivity index (χ2n) is 7.22. The summed E-state index contributed by atoms with van der Waals surface area (Å²) < 4.78 is 15.1. The zero-order valence-corrected chi connectivity index (χ0v) is 20.9. The lowest BCUT2D eigenvalue weighted by Gasteiger charge is -2.21. The Morgan fingerprint density at radius 1 is 0.938 bits per heavy atom. The van der Waals surface area contributed by atoms with Gasteiger partial charge in [-0.15, -0.1) is 0 Å². The minimum Gasteiger partial charge on any atom is -0.463 e. The highest BCUT2D eigenvalue weighted by atomic mass is 32.2. The van der Waals surface area contributed by atoms with Crippen LogP contribution in [0.5, 0.6) is 0 Å². The molecule has 9 nitrogen and oxygen atoms in total. The smallest absolute Gasteiger partial charge is 0.309 e. The highest BCUT2D eigenvalue weighted by molar-refractivity contribution is 7.99. The SMILES string of the molecule is CSCC(C)C(=O)OCCOC(=O)CCN(CCSCC(C)C=O)CCC(=O)OCCO. The maximum atomic E-state index is 12.0. The van der Waals surface area contributed by atoms with E-state index < -0.39 is 11.9 Å². The number of carbonyl (C=O) groups excluding carboxylic acids is 4. The summed E-state index contributed by atoms with van der Waals surface area (Å²) in [6.07, 6.45) is 3.11. The third kappa shape index (κ3) is 17.3. The highest BCUT2D eigenvalue weighted by Crippen LogP contribution is 2.08. The minimum atomic E-state index is -0.411. The number of aliphatic hydroxyl groups is 1. The topological polar surface area (TPSA) is 119 Å². The Balaban J connectivity index is 4.29. The van der Waals surface area contributed by atoms with Gasteiger partial charge in [-0.25, -0.2) is 0 Å². The fraction of sp³-hybridized carbons (Fsp3) is 0.810. The molecule has 2 unspecified atom stereocenters. The number of thioether (sulfide) groups is 2. The summed E-state index contributed by atoms with van der Waals surface area (Å²) in [6.45, 7) is 4.86. The van der Waals surface area contributed by atoms with E-state index in [0.29, 0.717) is 31.1 Å². The van der Waals surface area contributed by atoms with Crippen molar-refractivity contribution in [1.82, 2.24) is 4.90 Å². The van der Waals surface area contributed by atoms with Crippen molar-refractivity contribution in [1.29, 1.82) is 0 Å². The van der Waals surface area contributed by atoms with E-state index in [4.69, 9.17) is 19.3 Å². The molecule has 0 aromatic heterocycles. The lowest BCUT2D eigenvalue weighted by Crippen LogP contribution is -2.32. The van der Waals surface area contributed by atoms with Crippen molar-refractivity contribution < 1.29 is 38.5 Å². The van der Waals surface area contributed by atoms with Gasteiger partial charge in [0.25, 0.3) is 0 Å². The van der Waals surface area contributed by atoms with E-state index in [1.54, 1.807) is 30.4 Å². The molecule has 0 aromatic carbocycles. The minimum absolute atomic E-state index is 0.00345. The van der Waals surface area contributed by atoms with Crippen LogP contribution >= 0.6 is 23.5 Å². The van der Waals surface area contributed by atoms with Gasteiger partial charge in [-0.2, -0.15) is 23.5 Å². The Kier molecular flexibility index (Phi) is 19.5. The molecule has 0 spiro atoms. The second kappa shape index (κ2) is 20.3. The van der Waals surface area contributed by atoms with E-state index in [-0.39, 0.29) is 57.1 Å². The summed E-state index contributed by atoms with van der Waals surface area (Å²) in [5.41, 5.74) is 0. The van der Waals surface area contributed by atoms with Crippen molar-refractivity contribution in [2.45, 2.75) is 26.7 Å². The van der Waals surface area contributed by atoms with E-state index >= 15 is 0 Å². The standard InChI is InChI=1S/C21H37NO8S2/c1-17(14-24)15-32-13-8-22(6-4-19(25)28-10-9-23)7-5-20(26)29-11-12-30-21(27)18(2)16-31-3/h14,17-18,23H,4-13,15-16H2,1-3H3. The lowest BCUT2D eigenvalue weighted by atomic mass is 10.2. The van der Waals surface area contributed by atoms with Crippen LogP contribution < -0.4 is 0 Å². The Hall–Kier alpha value is -1.30. The van der Waals surface area contributed by atoms with Crippen LogP contribution in [0.4, 0.5) is 0 Å². The number of nitrogens with zero attached hydrogens (tertiary/aromatic N) is 1. The number of rotatable bonds is 20. The lowest BCUT2D eigenvalue weighted by molar-refractivity contribution is -0.154. The first-order valence-electron chi connectivity index (χ1n) is 10.7. The third-order valence-corrected chi connectivity index (χ3v) is 6.26. The fourth-order valence-corrected chi connectivity index (χ4v) is 4.04. The van der Waals surface area contributed by atoms with Gasteiger partial charge < -0.3 is 29.0 Å². The van der Waals surface area contributed by atoms with Gasteiger partial charge in [-0.05, 0) is 6.26 Å². The van der Waals surface area contributed by atoms with Crippen LogP contribution in [0.1, 0.15) is 26.7 Å². The molecule has 0 saturated carbocycles. The molecular weight excluding hydrogens is 458 g/mol. The predicted molar refractivity (Wildman–Crippen MR) is 126 cm³/mol. The van der Waals surface area contributed by atoms with E-state index in [1.165, 1.54) is 0 Å². The first-order chi connectivity index (χ1) is 15.3. The van der Waals surface area contributed by atoms with Gasteiger partial charge in [0.1, 0.15) is 26.1 Å². The molecule has 0 rings (SSSR count). The molecule has 0 aromatic rings. The molecule has 0 aliphatic heterocycles. The Labute approximate surface area is 199 Å². The number of aliphatic hydroxyl groups excluding tert-OH is 1. The summed E-state index contributed by atoms with van der Waals surface area (Å²) >= 11 is 3.20. The number of hydrogen-bond donors (Lipinski definition) is 1. The third-order valence-electron chi connectivity index (χ3n) is 4.19. The summed E-state index contributed by atoms with van der Waals surface area (Å²) in [5.74, 6) is 0.792. The Morgan fingerprint density at radius 2 is 1.53 bits per heavy atom. The van der Waals surface area contributed by atoms with Crippen LogP contribution in [0.3, 0.4) is 0 Å². The van der Waals surface area contributed by atoms with E-state index in [9.17, 15) is 19.2 Å². The molecule has 2 atom stereocenters. The molecule has 0 radical (unpaired) electrons. The monoisotopic (exact) mass is 495 g/mol. The van der Waals surface area contributed by atoms with Crippen molar-refractivity contribution >= 4 is 47.7 Å². The van der Waals surface area contributed by atoms with Crippen molar-refractivity contribution in [3.8, 4) is 0 Å². The zero-order chi connectivity index (χ0) is 24.2. The average Bonchev–Trinajstić information content (AvgIpc) is 2.78. The second-order valence-corrected chi connectivity index (χ2v) is 9.28. The first kappa shape index (κ1) is 30.7. The molecule has 0 saturated heterocycles. The van der Waals surface area contributed by atoms with Crippen LogP contribution in [-0.2, 0) is 33.4 Å². The van der Waals surface area contributed by atoms with Crippen molar-refractivity contribution in [3.63, 3.8) is 0 Å². The first-order valence-corrected chi connectivity index (χ1v) is 13.2. The highest BCUT2D eigenvalue weighted by Gasteiger charge is 2.15. The van der Waals surface area contributed by atoms with Crippen LogP contribution in [0, 0.1) is 11.8 Å². The molecule has 186 valence electrons. The Morgan fingerprint density at radius 3 is 2.09 bits per heavy atom. The van der Waals surface area contributed by atoms with E-state index in [0.717, 1.165) is 12.0 Å². The summed E-state index contributed by atoms with van der Waals surface area (Å²) in [4.78, 5) is 48.1. The van der Waals surface area contributed by atoms with Crippen molar-refractivity contribution in [2.75, 3.05) is 69.6 Å². The molecule has 0 amide bonds. The molecule has 1 N–H and O–H groups in total. The number of esters is 3. The number of aldehydes is 1. The van der Waals surface area contributed by atoms with E-state index in [1.807, 2.05) is 18.1 Å². The Bertz CT molecular complexity index is 550. The van der Waals surface area contributed by atoms with E-state index in [2.05, 4.69) is 0 Å². The van der Waals surface area contributed by atoms with Crippen molar-refractivity contribution in [2.24, 2.45) is 11.8 Å². The number of hydrogen-bond acceptors (Lipinski definition) is 11. The summed E-state index contributed by atoms with van der Waals surface area (Å²) in [6, 6.07) is 0. The van der Waals surface area contributed by atoms with Gasteiger partial charge in [-0.3, -0.25) is 14.4 Å². The van der Waals surface area contributed by atoms with Crippen LogP contribution in [0.25, 0.3) is 0 Å². The number of ether oxygens (including phenoxy) is 3. The van der Waals surface area contributed by atoms with Gasteiger partial charge >= 0.3 is 17.9 Å². The van der Waals surface area contributed by atoms with Gasteiger partial charge in [0.2, 0.25) is 0 Å². The van der Waals surface area contributed by atoms with Gasteiger partial charge in [0.15, 0.2) is 0 Å². The maximum Gasteiger partial charge on any atom is 0.309 e. The number of carbonyl (C=O) groups is 4. The molecule has 0 fully saturated rings. The normalized spacial score (nSPS) is 12.8. The molecule has 11 heteroatoms. The fourth-order valence-electron chi connectivity index (χ4n) is 2.40. The summed E-state index contributed by atoms with van der Waals surface area (Å²) in [7, 11) is 0. The largest absolute Gasteiger partial charge is 0.463 e. The van der Waals surface area contributed by atoms with Crippen molar-refractivity contribution in [3.05, 3.63) is 0 Å². The quantitative estimate of drug-likeness (QED) is 0.114. The van der Waals surface area contributed by atoms with Crippen LogP contribution in [0.2, 0.25) is 0 Å². The molecule has 0 bridgehead atoms. The molecule has 0 heterocycles. The molecule has 0 aliphatic carbocycles. The molecule has 32 heavy (non-hydrogen) atoms. The molecule has 0 aliphatic rings. The summed E-state index contributed by atoms with van der Waals surface area (Å²) in [5, 5.41) is 8.72. The van der Waals surface area contributed by atoms with Crippen LogP contribution in [0.15, 0.2) is 0 Å². The van der Waals surface area contributed by atoms with Gasteiger partial charge in [0.05, 0.1) is 25.4 Å². The van der Waals surface area contributed by atoms with Gasteiger partial charge in [0, 0.05) is 42.8 Å². The maximum absolute atomic E-state index is 12.0. The average molecular weight is 496 g/mol. The zero-order valence-electron chi connectivity index (χ0n) is 19.3. The van der Waals surface area contributed by atoms with Gasteiger partial charge in [-0.1, -0.05) is 13.8 Å².